The molecular formula is C15H22FN3O2. The minimum Gasteiger partial charge on any atom is -0.478 e. The Morgan fingerprint density at radius 1 is 1.38 bits per heavy atom. The van der Waals surface area contributed by atoms with Crippen molar-refractivity contribution in [3.05, 3.63) is 23.5 Å². The minimum atomic E-state index is -1.13. The van der Waals surface area contributed by atoms with Gasteiger partial charge in [0.1, 0.15) is 5.82 Å². The van der Waals surface area contributed by atoms with Crippen LogP contribution in [0.25, 0.3) is 0 Å². The quantitative estimate of drug-likeness (QED) is 0.832. The molecule has 1 fully saturated rings. The molecule has 2 rings (SSSR count). The number of hydrogen-bond donors (Lipinski definition) is 2. The summed E-state index contributed by atoms with van der Waals surface area (Å²) in [5, 5.41) is 9.10. The maximum atomic E-state index is 14.1. The molecule has 0 aliphatic carbocycles. The van der Waals surface area contributed by atoms with Crippen LogP contribution >= 0.6 is 0 Å². The van der Waals surface area contributed by atoms with Crippen molar-refractivity contribution in [1.29, 1.82) is 0 Å². The van der Waals surface area contributed by atoms with Gasteiger partial charge in [0.15, 0.2) is 0 Å². The summed E-state index contributed by atoms with van der Waals surface area (Å²) in [4.78, 5) is 15.4. The summed E-state index contributed by atoms with van der Waals surface area (Å²) in [6.07, 6.45) is 1.08. The third-order valence-corrected chi connectivity index (χ3v) is 4.22. The van der Waals surface area contributed by atoms with Crippen LogP contribution in [0.4, 0.5) is 15.8 Å². The van der Waals surface area contributed by atoms with Crippen LogP contribution in [0.1, 0.15) is 30.6 Å². The SMILES string of the molecule is CCC(C)N1CCN(c2cc(C(=O)O)c(N)cc2F)CC1. The maximum absolute atomic E-state index is 14.1. The molecule has 0 saturated carbocycles. The van der Waals surface area contributed by atoms with Crippen molar-refractivity contribution in [1.82, 2.24) is 4.90 Å². The molecule has 0 bridgehead atoms. The Morgan fingerprint density at radius 3 is 2.52 bits per heavy atom. The maximum Gasteiger partial charge on any atom is 0.337 e. The van der Waals surface area contributed by atoms with E-state index in [0.29, 0.717) is 24.8 Å². The lowest BCUT2D eigenvalue weighted by Crippen LogP contribution is -2.49. The van der Waals surface area contributed by atoms with Gasteiger partial charge in [0.2, 0.25) is 0 Å². The lowest BCUT2D eigenvalue weighted by atomic mass is 10.1. The molecule has 116 valence electrons. The van der Waals surface area contributed by atoms with Crippen LogP contribution in [0.3, 0.4) is 0 Å². The number of benzene rings is 1. The highest BCUT2D eigenvalue weighted by Crippen LogP contribution is 2.27. The predicted octanol–water partition coefficient (Wildman–Crippen LogP) is 2.03. The highest BCUT2D eigenvalue weighted by atomic mass is 19.1. The van der Waals surface area contributed by atoms with E-state index in [0.717, 1.165) is 25.6 Å². The Labute approximate surface area is 124 Å². The molecule has 3 N–H and O–H groups in total. The van der Waals surface area contributed by atoms with Crippen LogP contribution in [-0.2, 0) is 0 Å². The van der Waals surface area contributed by atoms with E-state index in [1.807, 2.05) is 4.90 Å². The lowest BCUT2D eigenvalue weighted by molar-refractivity contribution is 0.0698. The van der Waals surface area contributed by atoms with Crippen molar-refractivity contribution in [2.75, 3.05) is 36.8 Å². The van der Waals surface area contributed by atoms with Gasteiger partial charge in [0.25, 0.3) is 0 Å². The highest BCUT2D eigenvalue weighted by molar-refractivity contribution is 5.95. The molecule has 0 amide bonds. The first-order chi connectivity index (χ1) is 9.93. The van der Waals surface area contributed by atoms with Gasteiger partial charge in [0.05, 0.1) is 11.3 Å². The van der Waals surface area contributed by atoms with Crippen molar-refractivity contribution in [2.45, 2.75) is 26.3 Å². The molecule has 0 radical (unpaired) electrons. The van der Waals surface area contributed by atoms with Crippen LogP contribution < -0.4 is 10.6 Å². The molecule has 1 saturated heterocycles. The third-order valence-electron chi connectivity index (χ3n) is 4.22. The number of carboxylic acid groups (broad SMARTS) is 1. The Balaban J connectivity index is 2.17. The second-order valence-electron chi connectivity index (χ2n) is 5.48. The summed E-state index contributed by atoms with van der Waals surface area (Å²) in [7, 11) is 0. The van der Waals surface area contributed by atoms with E-state index in [1.54, 1.807) is 0 Å². The Bertz CT molecular complexity index is 528. The smallest absolute Gasteiger partial charge is 0.337 e. The number of carboxylic acids is 1. The number of hydrogen-bond acceptors (Lipinski definition) is 4. The number of nitrogens with two attached hydrogens (primary N) is 1. The fraction of sp³-hybridized carbons (Fsp3) is 0.533. The van der Waals surface area contributed by atoms with E-state index in [9.17, 15) is 9.18 Å². The zero-order valence-corrected chi connectivity index (χ0v) is 12.5. The van der Waals surface area contributed by atoms with Gasteiger partial charge < -0.3 is 15.7 Å². The molecule has 6 heteroatoms. The molecule has 1 aromatic rings. The second kappa shape index (κ2) is 6.30. The van der Waals surface area contributed by atoms with Crippen molar-refractivity contribution in [3.8, 4) is 0 Å². The normalized spacial score (nSPS) is 17.8. The average Bonchev–Trinajstić information content (AvgIpc) is 2.46. The van der Waals surface area contributed by atoms with Crippen molar-refractivity contribution >= 4 is 17.3 Å². The topological polar surface area (TPSA) is 69.8 Å². The summed E-state index contributed by atoms with van der Waals surface area (Å²) in [6, 6.07) is 2.95. The monoisotopic (exact) mass is 295 g/mol. The number of aromatic carboxylic acids is 1. The van der Waals surface area contributed by atoms with Crippen molar-refractivity contribution in [3.63, 3.8) is 0 Å². The van der Waals surface area contributed by atoms with Gasteiger partial charge in [-0.15, -0.1) is 0 Å². The standard InChI is InChI=1S/C15H22FN3O2/c1-3-10(2)18-4-6-19(7-5-18)14-8-11(15(20)21)13(17)9-12(14)16/h8-10H,3-7,17H2,1-2H3,(H,20,21). The van der Waals surface area contributed by atoms with Crippen molar-refractivity contribution < 1.29 is 14.3 Å². The van der Waals surface area contributed by atoms with E-state index in [1.165, 1.54) is 6.07 Å². The van der Waals surface area contributed by atoms with E-state index >= 15 is 0 Å². The zero-order valence-electron chi connectivity index (χ0n) is 12.5. The van der Waals surface area contributed by atoms with Gasteiger partial charge >= 0.3 is 5.97 Å². The van der Waals surface area contributed by atoms with Crippen molar-refractivity contribution in [2.24, 2.45) is 0 Å². The van der Waals surface area contributed by atoms with Gasteiger partial charge in [-0.3, -0.25) is 4.90 Å². The van der Waals surface area contributed by atoms with Crippen LogP contribution in [-0.4, -0.2) is 48.2 Å². The number of nitrogens with zero attached hydrogens (tertiary/aromatic N) is 2. The number of carbonyl (C=O) groups is 1. The summed E-state index contributed by atoms with van der Waals surface area (Å²) in [6.45, 7) is 7.40. The summed E-state index contributed by atoms with van der Waals surface area (Å²) in [5.74, 6) is -1.60. The Morgan fingerprint density at radius 2 is 2.00 bits per heavy atom. The summed E-state index contributed by atoms with van der Waals surface area (Å²) >= 11 is 0. The molecule has 1 heterocycles. The van der Waals surface area contributed by atoms with E-state index in [2.05, 4.69) is 18.7 Å². The van der Waals surface area contributed by atoms with Crippen LogP contribution in [0.5, 0.6) is 0 Å². The zero-order chi connectivity index (χ0) is 15.6. The fourth-order valence-electron chi connectivity index (χ4n) is 2.67. The first kappa shape index (κ1) is 15.6. The molecule has 1 unspecified atom stereocenters. The van der Waals surface area contributed by atoms with Gasteiger partial charge in [-0.05, 0) is 25.5 Å². The van der Waals surface area contributed by atoms with Gasteiger partial charge in [-0.25, -0.2) is 9.18 Å². The highest BCUT2D eigenvalue weighted by Gasteiger charge is 2.23. The lowest BCUT2D eigenvalue weighted by Gasteiger charge is -2.39. The first-order valence-electron chi connectivity index (χ1n) is 7.25. The molecule has 0 aromatic heterocycles. The van der Waals surface area contributed by atoms with Crippen LogP contribution in [0, 0.1) is 5.82 Å². The molecule has 0 spiro atoms. The predicted molar refractivity (Wildman–Crippen MR) is 81.3 cm³/mol. The van der Waals surface area contributed by atoms with Gasteiger partial charge in [0, 0.05) is 37.9 Å². The van der Waals surface area contributed by atoms with Crippen LogP contribution in [0.15, 0.2) is 12.1 Å². The molecular weight excluding hydrogens is 273 g/mol. The summed E-state index contributed by atoms with van der Waals surface area (Å²) < 4.78 is 14.1. The summed E-state index contributed by atoms with van der Waals surface area (Å²) in [5.41, 5.74) is 5.79. The third kappa shape index (κ3) is 3.26. The number of rotatable bonds is 4. The number of nitrogen functional groups attached to an aromatic ring is 1. The van der Waals surface area contributed by atoms with E-state index in [-0.39, 0.29) is 11.3 Å². The Hall–Kier alpha value is -1.82. The van der Waals surface area contributed by atoms with Crippen LogP contribution in [0.2, 0.25) is 0 Å². The number of anilines is 2. The molecule has 1 aliphatic rings. The van der Waals surface area contributed by atoms with Gasteiger partial charge in [-0.1, -0.05) is 6.92 Å². The molecule has 1 aliphatic heterocycles. The number of halogens is 1. The first-order valence-corrected chi connectivity index (χ1v) is 7.25. The van der Waals surface area contributed by atoms with E-state index in [4.69, 9.17) is 10.8 Å². The molecule has 1 aromatic carbocycles. The largest absolute Gasteiger partial charge is 0.478 e. The molecule has 1 atom stereocenters. The molecule has 21 heavy (non-hydrogen) atoms. The molecule has 5 nitrogen and oxygen atoms in total. The van der Waals surface area contributed by atoms with E-state index < -0.39 is 11.8 Å². The van der Waals surface area contributed by atoms with Gasteiger partial charge in [-0.2, -0.15) is 0 Å². The fourth-order valence-corrected chi connectivity index (χ4v) is 2.67. The number of piperazine rings is 1. The average molecular weight is 295 g/mol. The second-order valence-corrected chi connectivity index (χ2v) is 5.48. The Kier molecular flexibility index (Phi) is 4.67. The minimum absolute atomic E-state index is 0.0398.